The van der Waals surface area contributed by atoms with Crippen molar-refractivity contribution in [2.45, 2.75) is 213 Å². The van der Waals surface area contributed by atoms with Crippen LogP contribution in [0.25, 0.3) is 0 Å². The first kappa shape index (κ1) is 59.8. The molecule has 0 bridgehead atoms. The third-order valence-corrected chi connectivity index (χ3v) is 10.4. The van der Waals surface area contributed by atoms with Gasteiger partial charge in [-0.2, -0.15) is 0 Å². The monoisotopic (exact) mass is 885 g/mol. The summed E-state index contributed by atoms with van der Waals surface area (Å²) >= 11 is 0. The summed E-state index contributed by atoms with van der Waals surface area (Å²) in [7, 11) is 0. The summed E-state index contributed by atoms with van der Waals surface area (Å²) in [6.45, 7) is 6.24. The van der Waals surface area contributed by atoms with E-state index in [-0.39, 0.29) is 38.0 Å². The summed E-state index contributed by atoms with van der Waals surface area (Å²) < 4.78 is 16.6. The molecule has 64 heavy (non-hydrogen) atoms. The number of hydrogen-bond acceptors (Lipinski definition) is 6. The van der Waals surface area contributed by atoms with E-state index < -0.39 is 12.1 Å². The quantitative estimate of drug-likeness (QED) is 0.0199. The molecule has 0 saturated heterocycles. The Labute approximate surface area is 392 Å². The van der Waals surface area contributed by atoms with Crippen LogP contribution in [0.5, 0.6) is 0 Å². The molecule has 6 nitrogen and oxygen atoms in total. The first-order valence-corrected chi connectivity index (χ1v) is 25.6. The highest BCUT2D eigenvalue weighted by Gasteiger charge is 2.19. The van der Waals surface area contributed by atoms with Gasteiger partial charge in [-0.05, 0) is 64.2 Å². The highest BCUT2D eigenvalue weighted by molar-refractivity contribution is 5.71. The Morgan fingerprint density at radius 3 is 1.17 bits per heavy atom. The lowest BCUT2D eigenvalue weighted by Crippen LogP contribution is -2.30. The van der Waals surface area contributed by atoms with E-state index in [9.17, 15) is 14.4 Å². The van der Waals surface area contributed by atoms with Crippen molar-refractivity contribution in [3.05, 3.63) is 122 Å². The average molecular weight is 885 g/mol. The topological polar surface area (TPSA) is 78.9 Å². The summed E-state index contributed by atoms with van der Waals surface area (Å²) in [5.74, 6) is -1.10. The fourth-order valence-electron chi connectivity index (χ4n) is 6.58. The minimum absolute atomic E-state index is 0.132. The van der Waals surface area contributed by atoms with Gasteiger partial charge in [-0.25, -0.2) is 0 Å². The molecule has 0 rings (SSSR count). The molecule has 0 aromatic heterocycles. The van der Waals surface area contributed by atoms with E-state index in [1.807, 2.05) is 66.8 Å². The SMILES string of the molecule is CC/C=C/C=C/C=C/C=C/C=C/CCCC(=O)OCC(COC(=O)CCCCCCCCCCCCCCCCCCC)OC(=O)CC/C=C/C/C=C/C/C=C/C/C=C/C/C=C/CC. The highest BCUT2D eigenvalue weighted by atomic mass is 16.6. The second kappa shape index (κ2) is 51.4. The van der Waals surface area contributed by atoms with Crippen LogP contribution >= 0.6 is 0 Å². The second-order valence-corrected chi connectivity index (χ2v) is 16.4. The van der Waals surface area contributed by atoms with Crippen molar-refractivity contribution in [2.75, 3.05) is 13.2 Å². The lowest BCUT2D eigenvalue weighted by Gasteiger charge is -2.18. The molecule has 0 amide bonds. The predicted octanol–water partition coefficient (Wildman–Crippen LogP) is 16.9. The molecule has 0 aliphatic rings. The molecule has 0 aromatic carbocycles. The summed E-state index contributed by atoms with van der Waals surface area (Å²) in [4.78, 5) is 37.9. The molecule has 1 unspecified atom stereocenters. The van der Waals surface area contributed by atoms with E-state index in [4.69, 9.17) is 14.2 Å². The van der Waals surface area contributed by atoms with Crippen molar-refractivity contribution in [3.8, 4) is 0 Å². The first-order valence-electron chi connectivity index (χ1n) is 25.6. The van der Waals surface area contributed by atoms with E-state index in [1.165, 1.54) is 89.9 Å². The highest BCUT2D eigenvalue weighted by Crippen LogP contribution is 2.15. The Morgan fingerprint density at radius 2 is 0.719 bits per heavy atom. The van der Waals surface area contributed by atoms with Crippen LogP contribution in [0.1, 0.15) is 207 Å². The predicted molar refractivity (Wildman–Crippen MR) is 274 cm³/mol. The number of carbonyl (C=O) groups is 3. The van der Waals surface area contributed by atoms with Gasteiger partial charge in [-0.3, -0.25) is 14.4 Å². The summed E-state index contributed by atoms with van der Waals surface area (Å²) in [5, 5.41) is 0. The largest absolute Gasteiger partial charge is 0.462 e. The zero-order valence-electron chi connectivity index (χ0n) is 41.0. The maximum absolute atomic E-state index is 12.8. The molecular formula is C58H92O6. The average Bonchev–Trinajstić information content (AvgIpc) is 3.29. The van der Waals surface area contributed by atoms with Gasteiger partial charge in [0.05, 0.1) is 0 Å². The van der Waals surface area contributed by atoms with Crippen LogP contribution in [0.15, 0.2) is 122 Å². The van der Waals surface area contributed by atoms with Gasteiger partial charge in [0.2, 0.25) is 0 Å². The molecule has 0 aromatic rings. The minimum atomic E-state index is -0.847. The van der Waals surface area contributed by atoms with Gasteiger partial charge in [-0.15, -0.1) is 0 Å². The number of rotatable bonds is 44. The van der Waals surface area contributed by atoms with E-state index in [1.54, 1.807) is 0 Å². The fraction of sp³-hybridized carbons (Fsp3) is 0.603. The fourth-order valence-corrected chi connectivity index (χ4v) is 6.58. The minimum Gasteiger partial charge on any atom is -0.462 e. The van der Waals surface area contributed by atoms with Crippen molar-refractivity contribution in [3.63, 3.8) is 0 Å². The number of esters is 3. The van der Waals surface area contributed by atoms with Gasteiger partial charge >= 0.3 is 17.9 Å². The van der Waals surface area contributed by atoms with Crippen LogP contribution in [0.2, 0.25) is 0 Å². The van der Waals surface area contributed by atoms with E-state index in [2.05, 4.69) is 75.5 Å². The van der Waals surface area contributed by atoms with Crippen LogP contribution < -0.4 is 0 Å². The molecule has 0 heterocycles. The summed E-state index contributed by atoms with van der Waals surface area (Å²) in [6.07, 6.45) is 70.6. The normalized spacial score (nSPS) is 13.1. The number of allylic oxidation sites excluding steroid dienone is 20. The Balaban J connectivity index is 4.57. The smallest absolute Gasteiger partial charge is 0.306 e. The molecule has 1 atom stereocenters. The van der Waals surface area contributed by atoms with E-state index in [0.29, 0.717) is 19.3 Å². The van der Waals surface area contributed by atoms with Crippen molar-refractivity contribution in [2.24, 2.45) is 0 Å². The summed E-state index contributed by atoms with van der Waals surface area (Å²) in [5.41, 5.74) is 0. The first-order chi connectivity index (χ1) is 31.5. The van der Waals surface area contributed by atoms with Gasteiger partial charge in [0.1, 0.15) is 13.2 Å². The lowest BCUT2D eigenvalue weighted by molar-refractivity contribution is -0.166. The molecule has 0 saturated carbocycles. The molecule has 0 spiro atoms. The van der Waals surface area contributed by atoms with Gasteiger partial charge in [-0.1, -0.05) is 245 Å². The molecule has 6 heteroatoms. The van der Waals surface area contributed by atoms with Crippen molar-refractivity contribution in [1.82, 2.24) is 0 Å². The Hall–Kier alpha value is -4.19. The van der Waals surface area contributed by atoms with Crippen LogP contribution in [-0.2, 0) is 28.6 Å². The maximum Gasteiger partial charge on any atom is 0.306 e. The third-order valence-electron chi connectivity index (χ3n) is 10.4. The molecular weight excluding hydrogens is 793 g/mol. The molecule has 0 aliphatic carbocycles. The van der Waals surface area contributed by atoms with E-state index >= 15 is 0 Å². The Kier molecular flexibility index (Phi) is 48.1. The molecule has 0 radical (unpaired) electrons. The third kappa shape index (κ3) is 48.8. The number of unbranched alkanes of at least 4 members (excludes halogenated alkanes) is 17. The Bertz CT molecular complexity index is 1390. The van der Waals surface area contributed by atoms with Gasteiger partial charge in [0, 0.05) is 19.3 Å². The van der Waals surface area contributed by atoms with Gasteiger partial charge < -0.3 is 14.2 Å². The lowest BCUT2D eigenvalue weighted by atomic mass is 10.0. The van der Waals surface area contributed by atoms with Crippen molar-refractivity contribution in [1.29, 1.82) is 0 Å². The molecule has 0 fully saturated rings. The molecule has 360 valence electrons. The van der Waals surface area contributed by atoms with Crippen LogP contribution in [0.4, 0.5) is 0 Å². The standard InChI is InChI=1S/C58H92O6/c1-4-7-10-13-16-19-22-25-27-29-31-33-36-39-42-45-48-51-57(60)63-54-55(53-62-56(59)50-47-44-41-38-35-32-24-21-18-15-12-9-6-3)64-58(61)52-49-46-43-40-37-34-30-28-26-23-20-17-14-11-8-5-2/h8-9,11-12,15,17-18,20-21,24,26,28,32,34-35,37-38,41,43,46,55H,4-7,10,13-14,16,19,22-23,25,27,29-31,33,36,39-40,42,44-45,47-54H2,1-3H3/b11-8+,12-9+,18-15+,20-17+,24-21+,28-26+,35-32+,37-34+,41-38+,46-43+. The number of hydrogen-bond donors (Lipinski definition) is 0. The maximum atomic E-state index is 12.8. The molecule has 0 N–H and O–H groups in total. The van der Waals surface area contributed by atoms with E-state index in [0.717, 1.165) is 64.2 Å². The van der Waals surface area contributed by atoms with Crippen LogP contribution in [0, 0.1) is 0 Å². The van der Waals surface area contributed by atoms with Crippen LogP contribution in [-0.4, -0.2) is 37.2 Å². The van der Waals surface area contributed by atoms with Crippen molar-refractivity contribution < 1.29 is 28.6 Å². The molecule has 0 aliphatic heterocycles. The Morgan fingerprint density at radius 1 is 0.344 bits per heavy atom. The number of ether oxygens (including phenoxy) is 3. The zero-order valence-corrected chi connectivity index (χ0v) is 41.0. The number of carbonyl (C=O) groups excluding carboxylic acids is 3. The van der Waals surface area contributed by atoms with Gasteiger partial charge in [0.25, 0.3) is 0 Å². The zero-order chi connectivity index (χ0) is 46.5. The van der Waals surface area contributed by atoms with Crippen molar-refractivity contribution >= 4 is 17.9 Å². The second-order valence-electron chi connectivity index (χ2n) is 16.4. The van der Waals surface area contributed by atoms with Crippen LogP contribution in [0.3, 0.4) is 0 Å². The summed E-state index contributed by atoms with van der Waals surface area (Å²) in [6, 6.07) is 0. The van der Waals surface area contributed by atoms with Gasteiger partial charge in [0.15, 0.2) is 6.10 Å².